The predicted octanol–water partition coefficient (Wildman–Crippen LogP) is 2.80. The van der Waals surface area contributed by atoms with Crippen molar-refractivity contribution < 1.29 is 23.0 Å². The lowest BCUT2D eigenvalue weighted by molar-refractivity contribution is -0.119. The summed E-state index contributed by atoms with van der Waals surface area (Å²) in [7, 11) is 1.47. The number of carbonyl (C=O) groups excluding carboxylic acids is 1. The van der Waals surface area contributed by atoms with Crippen LogP contribution in [-0.2, 0) is 9.53 Å². The molecule has 3 fully saturated rings. The highest BCUT2D eigenvalue weighted by Gasteiger charge is 2.28. The Morgan fingerprint density at radius 3 is 2.35 bits per heavy atom. The van der Waals surface area contributed by atoms with Gasteiger partial charge in [0.1, 0.15) is 15.6 Å². The molecule has 0 atom stereocenters. The molecule has 0 unspecified atom stereocenters. The van der Waals surface area contributed by atoms with Crippen LogP contribution in [0.2, 0.25) is 0 Å². The summed E-state index contributed by atoms with van der Waals surface area (Å²) in [6.45, 7) is 4.48. The molecule has 3 aliphatic rings. The van der Waals surface area contributed by atoms with Gasteiger partial charge in [-0.2, -0.15) is 15.0 Å². The second kappa shape index (κ2) is 13.1. The van der Waals surface area contributed by atoms with Crippen LogP contribution in [0.5, 0.6) is 5.75 Å². The van der Waals surface area contributed by atoms with Crippen molar-refractivity contribution >= 4 is 57.1 Å². The van der Waals surface area contributed by atoms with Gasteiger partial charge in [-0.05, 0) is 31.4 Å². The number of nitrogens with zero attached hydrogens (tertiary/aromatic N) is 8. The number of imidazole rings is 1. The van der Waals surface area contributed by atoms with Crippen LogP contribution in [0.15, 0.2) is 18.2 Å². The highest BCUT2D eigenvalue weighted by Crippen LogP contribution is 2.32. The van der Waals surface area contributed by atoms with E-state index in [0.717, 1.165) is 12.8 Å². The SMILES string of the molecule is COc1cccc2c1nc(C(F)F)n2-c1nc(N2CCOCC2)nc(N2CCN(C(=S)SCC(=O)NC3CCC3)CC2)n1. The minimum atomic E-state index is -2.87. The van der Waals surface area contributed by atoms with E-state index in [2.05, 4.69) is 20.2 Å². The number of hydrogen-bond acceptors (Lipinski definition) is 11. The maximum Gasteiger partial charge on any atom is 0.296 e. The molecule has 16 heteroatoms. The van der Waals surface area contributed by atoms with Crippen molar-refractivity contribution in [2.75, 3.05) is 75.1 Å². The molecule has 230 valence electrons. The number of thiocarbonyl (C=S) groups is 1. The molecule has 2 aromatic heterocycles. The van der Waals surface area contributed by atoms with E-state index in [9.17, 15) is 13.6 Å². The van der Waals surface area contributed by atoms with Crippen molar-refractivity contribution in [1.82, 2.24) is 34.7 Å². The number of amides is 1. The number of thioether (sulfide) groups is 1. The lowest BCUT2D eigenvalue weighted by Gasteiger charge is -2.36. The number of morpholine rings is 1. The summed E-state index contributed by atoms with van der Waals surface area (Å²) in [6, 6.07) is 5.39. The largest absolute Gasteiger partial charge is 0.494 e. The van der Waals surface area contributed by atoms with Gasteiger partial charge >= 0.3 is 0 Å². The molecule has 4 heterocycles. The molecule has 1 saturated carbocycles. The molecule has 2 aliphatic heterocycles. The first kappa shape index (κ1) is 29.7. The number of alkyl halides is 2. The first-order valence-corrected chi connectivity index (χ1v) is 15.7. The third-order valence-corrected chi connectivity index (χ3v) is 9.32. The van der Waals surface area contributed by atoms with E-state index >= 15 is 0 Å². The number of para-hydroxylation sites is 1. The number of anilines is 2. The lowest BCUT2D eigenvalue weighted by atomic mass is 9.93. The summed E-state index contributed by atoms with van der Waals surface area (Å²) in [6.07, 6.45) is 0.382. The van der Waals surface area contributed by atoms with Gasteiger partial charge in [0.05, 0.1) is 31.6 Å². The van der Waals surface area contributed by atoms with Gasteiger partial charge in [0.15, 0.2) is 5.82 Å². The zero-order chi connectivity index (χ0) is 29.9. The minimum absolute atomic E-state index is 0.0110. The number of fused-ring (bicyclic) bond motifs is 1. The van der Waals surface area contributed by atoms with Crippen LogP contribution in [-0.4, -0.2) is 111 Å². The number of benzene rings is 1. The van der Waals surface area contributed by atoms with Crippen molar-refractivity contribution in [3.63, 3.8) is 0 Å². The predicted molar refractivity (Wildman–Crippen MR) is 164 cm³/mol. The van der Waals surface area contributed by atoms with Crippen molar-refractivity contribution in [2.24, 2.45) is 0 Å². The van der Waals surface area contributed by atoms with Gasteiger partial charge in [0.2, 0.25) is 23.8 Å². The maximum atomic E-state index is 14.3. The molecule has 43 heavy (non-hydrogen) atoms. The van der Waals surface area contributed by atoms with Crippen molar-refractivity contribution in [1.29, 1.82) is 0 Å². The molecule has 12 nitrogen and oxygen atoms in total. The lowest BCUT2D eigenvalue weighted by Crippen LogP contribution is -2.48. The second-order valence-electron chi connectivity index (χ2n) is 10.5. The summed E-state index contributed by atoms with van der Waals surface area (Å²) in [5.74, 6) is 1.05. The molecule has 1 aromatic carbocycles. The maximum absolute atomic E-state index is 14.3. The summed E-state index contributed by atoms with van der Waals surface area (Å²) in [5.41, 5.74) is 0.712. The fourth-order valence-corrected chi connectivity index (χ4v) is 6.29. The summed E-state index contributed by atoms with van der Waals surface area (Å²) in [4.78, 5) is 36.6. The minimum Gasteiger partial charge on any atom is -0.494 e. The van der Waals surface area contributed by atoms with E-state index in [4.69, 9.17) is 31.7 Å². The molecule has 1 amide bonds. The molecule has 0 spiro atoms. The van der Waals surface area contributed by atoms with Gasteiger partial charge in [-0.15, -0.1) is 0 Å². The van der Waals surface area contributed by atoms with Gasteiger partial charge in [0, 0.05) is 45.3 Å². The third-order valence-electron chi connectivity index (χ3n) is 7.80. The van der Waals surface area contributed by atoms with Gasteiger partial charge in [-0.3, -0.25) is 9.36 Å². The quantitative estimate of drug-likeness (QED) is 0.368. The average molecular weight is 634 g/mol. The Labute approximate surface area is 257 Å². The number of halogens is 2. The van der Waals surface area contributed by atoms with E-state index in [1.807, 2.05) is 9.80 Å². The van der Waals surface area contributed by atoms with Gasteiger partial charge in [-0.25, -0.2) is 13.8 Å². The average Bonchev–Trinajstić information content (AvgIpc) is 3.42. The Kier molecular flexibility index (Phi) is 9.04. The number of aromatic nitrogens is 5. The van der Waals surface area contributed by atoms with Crippen LogP contribution in [0.1, 0.15) is 31.5 Å². The standard InChI is InChI=1S/C27H33F2N9O3S2/c1-40-19-7-3-6-18-21(19)31-23(22(28)29)38(18)26-33-24(32-25(34-26)36-12-14-41-15-13-36)35-8-10-37(11-9-35)27(42)43-16-20(39)30-17-4-2-5-17/h3,6-7,17,22H,2,4-5,8-16H2,1H3,(H,30,39). The number of rotatable bonds is 8. The Morgan fingerprint density at radius 2 is 1.72 bits per heavy atom. The van der Waals surface area contributed by atoms with E-state index in [0.29, 0.717) is 97.3 Å². The zero-order valence-corrected chi connectivity index (χ0v) is 25.4. The number of hydrogen-bond donors (Lipinski definition) is 1. The van der Waals surface area contributed by atoms with E-state index < -0.39 is 12.2 Å². The number of carbonyl (C=O) groups is 1. The smallest absolute Gasteiger partial charge is 0.296 e. The Balaban J connectivity index is 1.24. The first-order valence-electron chi connectivity index (χ1n) is 14.3. The fourth-order valence-electron chi connectivity index (χ4n) is 5.23. The van der Waals surface area contributed by atoms with Crippen LogP contribution in [0.25, 0.3) is 17.0 Å². The third kappa shape index (κ3) is 6.45. The second-order valence-corrected chi connectivity index (χ2v) is 12.1. The Hall–Kier alpha value is -3.37. The van der Waals surface area contributed by atoms with Crippen molar-refractivity contribution in [2.45, 2.75) is 31.7 Å². The number of ether oxygens (including phenoxy) is 2. The highest BCUT2D eigenvalue weighted by atomic mass is 32.2. The van der Waals surface area contributed by atoms with E-state index in [1.54, 1.807) is 18.2 Å². The molecule has 1 N–H and O–H groups in total. The first-order chi connectivity index (χ1) is 20.9. The summed E-state index contributed by atoms with van der Waals surface area (Å²) >= 11 is 7.00. The topological polar surface area (TPSA) is 114 Å². The molecular formula is C27H33F2N9O3S2. The van der Waals surface area contributed by atoms with E-state index in [1.165, 1.54) is 29.9 Å². The zero-order valence-electron chi connectivity index (χ0n) is 23.7. The molecule has 0 radical (unpaired) electrons. The molecule has 0 bridgehead atoms. The van der Waals surface area contributed by atoms with Crippen LogP contribution in [0.4, 0.5) is 20.7 Å². The van der Waals surface area contributed by atoms with Crippen LogP contribution in [0.3, 0.4) is 0 Å². The number of piperazine rings is 1. The van der Waals surface area contributed by atoms with Crippen molar-refractivity contribution in [3.05, 3.63) is 24.0 Å². The molecule has 6 rings (SSSR count). The summed E-state index contributed by atoms with van der Waals surface area (Å²) in [5, 5.41) is 3.04. The molecule has 2 saturated heterocycles. The summed E-state index contributed by atoms with van der Waals surface area (Å²) < 4.78 is 41.5. The van der Waals surface area contributed by atoms with E-state index in [-0.39, 0.29) is 11.9 Å². The van der Waals surface area contributed by atoms with Crippen LogP contribution in [0, 0.1) is 0 Å². The number of methoxy groups -OCH3 is 1. The van der Waals surface area contributed by atoms with Gasteiger partial charge < -0.3 is 29.5 Å². The Morgan fingerprint density at radius 1 is 1.05 bits per heavy atom. The van der Waals surface area contributed by atoms with Crippen LogP contribution < -0.4 is 19.9 Å². The van der Waals surface area contributed by atoms with Crippen LogP contribution >= 0.6 is 24.0 Å². The van der Waals surface area contributed by atoms with Gasteiger partial charge in [0.25, 0.3) is 6.43 Å². The molecule has 3 aromatic rings. The number of nitrogens with one attached hydrogen (secondary N) is 1. The fraction of sp³-hybridized carbons (Fsp3) is 0.556. The van der Waals surface area contributed by atoms with Crippen molar-refractivity contribution in [3.8, 4) is 11.7 Å². The molecule has 1 aliphatic carbocycles. The Bertz CT molecular complexity index is 1480. The highest BCUT2D eigenvalue weighted by molar-refractivity contribution is 8.23. The monoisotopic (exact) mass is 633 g/mol. The van der Waals surface area contributed by atoms with Gasteiger partial charge in [-0.1, -0.05) is 30.0 Å². The normalized spacial score (nSPS) is 17.8. The molecular weight excluding hydrogens is 600 g/mol.